The number of hydrogen-bond donors (Lipinski definition) is 2. The van der Waals surface area contributed by atoms with Gasteiger partial charge in [-0.2, -0.15) is 0 Å². The van der Waals surface area contributed by atoms with Crippen LogP contribution in [0, 0.1) is 0 Å². The van der Waals surface area contributed by atoms with Gasteiger partial charge >= 0.3 is 0 Å². The number of aromatic nitrogens is 1. The van der Waals surface area contributed by atoms with E-state index < -0.39 is 17.7 Å². The molecule has 1 unspecified atom stereocenters. The number of rotatable bonds is 4. The minimum absolute atomic E-state index is 0.0589. The number of nitrogens with one attached hydrogen (secondary N) is 1. The van der Waals surface area contributed by atoms with E-state index in [-0.39, 0.29) is 17.9 Å². The fraction of sp³-hybridized carbons (Fsp3) is 0.0833. The molecule has 0 spiro atoms. The molecular weight excluding hydrogens is 460 g/mol. The zero-order valence-corrected chi connectivity index (χ0v) is 17.8. The minimum atomic E-state index is -0.759. The molecule has 2 aromatic heterocycles. The quantitative estimate of drug-likeness (QED) is 0.242. The molecule has 2 N–H and O–H groups in total. The lowest BCUT2D eigenvalue weighted by Crippen LogP contribution is -2.29. The van der Waals surface area contributed by atoms with Crippen molar-refractivity contribution in [1.82, 2.24) is 9.88 Å². The van der Waals surface area contributed by atoms with Crippen LogP contribution in [0.2, 0.25) is 0 Å². The predicted molar refractivity (Wildman–Crippen MR) is 119 cm³/mol. The highest BCUT2D eigenvalue weighted by atomic mass is 79.9. The van der Waals surface area contributed by atoms with E-state index in [0.717, 1.165) is 20.9 Å². The van der Waals surface area contributed by atoms with Gasteiger partial charge in [0.05, 0.1) is 24.4 Å². The Morgan fingerprint density at radius 1 is 1.06 bits per heavy atom. The molecule has 1 saturated heterocycles. The first kappa shape index (κ1) is 19.4. The average Bonchev–Trinajstić information content (AvgIpc) is 3.49. The van der Waals surface area contributed by atoms with Gasteiger partial charge < -0.3 is 19.4 Å². The van der Waals surface area contributed by atoms with Crippen LogP contribution in [-0.2, 0) is 16.1 Å². The smallest absolute Gasteiger partial charge is 0.296 e. The number of benzene rings is 2. The summed E-state index contributed by atoms with van der Waals surface area (Å²) in [6.07, 6.45) is 3.31. The first-order chi connectivity index (χ1) is 15.0. The summed E-state index contributed by atoms with van der Waals surface area (Å²) in [5.74, 6) is -1.05. The highest BCUT2D eigenvalue weighted by molar-refractivity contribution is 9.10. The maximum atomic E-state index is 13.1. The number of aliphatic hydroxyl groups excluding tert-OH is 1. The van der Waals surface area contributed by atoms with Gasteiger partial charge in [-0.15, -0.1) is 0 Å². The van der Waals surface area contributed by atoms with E-state index in [0.29, 0.717) is 11.3 Å². The summed E-state index contributed by atoms with van der Waals surface area (Å²) in [6.45, 7) is 0.110. The van der Waals surface area contributed by atoms with Gasteiger partial charge in [-0.1, -0.05) is 46.3 Å². The molecule has 1 fully saturated rings. The predicted octanol–water partition coefficient (Wildman–Crippen LogP) is 5.15. The normalized spacial score (nSPS) is 18.2. The van der Waals surface area contributed by atoms with E-state index in [9.17, 15) is 14.7 Å². The molecule has 7 heteroatoms. The van der Waals surface area contributed by atoms with E-state index in [1.54, 1.807) is 42.6 Å². The fourth-order valence-electron chi connectivity index (χ4n) is 4.02. The molecule has 0 aliphatic carbocycles. The summed E-state index contributed by atoms with van der Waals surface area (Å²) in [6, 6.07) is 17.3. The van der Waals surface area contributed by atoms with Crippen LogP contribution in [0.4, 0.5) is 0 Å². The Bertz CT molecular complexity index is 1320. The zero-order valence-electron chi connectivity index (χ0n) is 16.2. The highest BCUT2D eigenvalue weighted by Crippen LogP contribution is 2.42. The van der Waals surface area contributed by atoms with Crippen LogP contribution in [0.15, 0.2) is 87.6 Å². The van der Waals surface area contributed by atoms with Crippen molar-refractivity contribution in [2.45, 2.75) is 12.6 Å². The van der Waals surface area contributed by atoms with Crippen molar-refractivity contribution in [3.8, 4) is 0 Å². The van der Waals surface area contributed by atoms with Gasteiger partial charge in [0, 0.05) is 32.7 Å². The molecule has 5 rings (SSSR count). The van der Waals surface area contributed by atoms with Gasteiger partial charge in [0.1, 0.15) is 11.5 Å². The summed E-state index contributed by atoms with van der Waals surface area (Å²) in [7, 11) is 0. The number of aliphatic hydroxyl groups is 1. The molecule has 6 nitrogen and oxygen atoms in total. The summed E-state index contributed by atoms with van der Waals surface area (Å²) in [4.78, 5) is 30.8. The summed E-state index contributed by atoms with van der Waals surface area (Å²) in [5, 5.41) is 12.0. The number of H-pyrrole nitrogens is 1. The third kappa shape index (κ3) is 3.27. The molecule has 1 aliphatic heterocycles. The average molecular weight is 477 g/mol. The molecule has 1 atom stereocenters. The van der Waals surface area contributed by atoms with Crippen LogP contribution in [0.5, 0.6) is 0 Å². The van der Waals surface area contributed by atoms with Gasteiger partial charge in [-0.25, -0.2) is 0 Å². The first-order valence-electron chi connectivity index (χ1n) is 9.67. The molecule has 0 bridgehead atoms. The number of amides is 1. The van der Waals surface area contributed by atoms with E-state index in [2.05, 4.69) is 20.9 Å². The Kier molecular flexibility index (Phi) is 4.75. The molecule has 3 heterocycles. The van der Waals surface area contributed by atoms with Crippen LogP contribution in [-0.4, -0.2) is 26.7 Å². The number of fused-ring (bicyclic) bond motifs is 1. The zero-order chi connectivity index (χ0) is 21.5. The number of nitrogens with zero attached hydrogens (tertiary/aromatic N) is 1. The standard InChI is InChI=1S/C24H17BrN2O4/c25-15-9-7-14(8-10-15)22(28)20-21(18-12-26-19-6-2-1-5-17(18)19)27(24(30)23(20)29)13-16-4-3-11-31-16/h1-12,21,26,28H,13H2/b22-20+. The largest absolute Gasteiger partial charge is 0.507 e. The van der Waals surface area contributed by atoms with Crippen LogP contribution >= 0.6 is 15.9 Å². The van der Waals surface area contributed by atoms with E-state index >= 15 is 0 Å². The summed E-state index contributed by atoms with van der Waals surface area (Å²) < 4.78 is 6.27. The third-order valence-electron chi connectivity index (χ3n) is 5.48. The van der Waals surface area contributed by atoms with Crippen molar-refractivity contribution in [2.24, 2.45) is 0 Å². The van der Waals surface area contributed by atoms with Gasteiger partial charge in [-0.05, 0) is 30.3 Å². The Morgan fingerprint density at radius 2 is 1.84 bits per heavy atom. The molecule has 2 aromatic carbocycles. The molecule has 1 amide bonds. The first-order valence-corrected chi connectivity index (χ1v) is 10.5. The molecule has 154 valence electrons. The number of ketones is 1. The molecular formula is C24H17BrN2O4. The SMILES string of the molecule is O=C1C(=O)N(Cc2ccco2)C(c2c[nH]c3ccccc23)/C1=C(\O)c1ccc(Br)cc1. The van der Waals surface area contributed by atoms with Crippen LogP contribution in [0.1, 0.15) is 22.9 Å². The number of halogens is 1. The van der Waals surface area contributed by atoms with E-state index in [1.807, 2.05) is 24.3 Å². The van der Waals surface area contributed by atoms with Gasteiger partial charge in [0.25, 0.3) is 11.7 Å². The number of carbonyl (C=O) groups is 2. The number of likely N-dealkylation sites (tertiary alicyclic amines) is 1. The van der Waals surface area contributed by atoms with Crippen LogP contribution < -0.4 is 0 Å². The number of aromatic amines is 1. The monoisotopic (exact) mass is 476 g/mol. The third-order valence-corrected chi connectivity index (χ3v) is 6.01. The van der Waals surface area contributed by atoms with Gasteiger partial charge in [-0.3, -0.25) is 9.59 Å². The summed E-state index contributed by atoms with van der Waals surface area (Å²) in [5.41, 5.74) is 2.14. The summed E-state index contributed by atoms with van der Waals surface area (Å²) >= 11 is 3.37. The Balaban J connectivity index is 1.71. The lowest BCUT2D eigenvalue weighted by Gasteiger charge is -2.24. The molecule has 1 aliphatic rings. The maximum Gasteiger partial charge on any atom is 0.296 e. The number of furan rings is 1. The van der Waals surface area contributed by atoms with Crippen LogP contribution in [0.25, 0.3) is 16.7 Å². The lowest BCUT2D eigenvalue weighted by molar-refractivity contribution is -0.140. The number of carbonyl (C=O) groups excluding carboxylic acids is 2. The Labute approximate surface area is 185 Å². The van der Waals surface area contributed by atoms with Crippen molar-refractivity contribution in [1.29, 1.82) is 0 Å². The molecule has 0 radical (unpaired) electrons. The van der Waals surface area contributed by atoms with Gasteiger partial charge in [0.15, 0.2) is 0 Å². The Morgan fingerprint density at radius 3 is 2.58 bits per heavy atom. The van der Waals surface area contributed by atoms with E-state index in [4.69, 9.17) is 4.42 Å². The van der Waals surface area contributed by atoms with Crippen molar-refractivity contribution in [3.63, 3.8) is 0 Å². The van der Waals surface area contributed by atoms with E-state index in [1.165, 1.54) is 11.2 Å². The molecule has 4 aromatic rings. The second-order valence-corrected chi connectivity index (χ2v) is 8.22. The maximum absolute atomic E-state index is 13.1. The molecule has 31 heavy (non-hydrogen) atoms. The minimum Gasteiger partial charge on any atom is -0.507 e. The fourth-order valence-corrected chi connectivity index (χ4v) is 4.28. The number of para-hydroxylation sites is 1. The molecule has 0 saturated carbocycles. The van der Waals surface area contributed by atoms with Crippen molar-refractivity contribution in [3.05, 3.63) is 100 Å². The highest BCUT2D eigenvalue weighted by Gasteiger charge is 2.47. The van der Waals surface area contributed by atoms with Gasteiger partial charge in [0.2, 0.25) is 0 Å². The number of Topliss-reactive ketones (excluding diaryl/α,β-unsaturated/α-hetero) is 1. The topological polar surface area (TPSA) is 86.5 Å². The lowest BCUT2D eigenvalue weighted by atomic mass is 9.95. The van der Waals surface area contributed by atoms with Crippen LogP contribution in [0.3, 0.4) is 0 Å². The van der Waals surface area contributed by atoms with Crippen molar-refractivity contribution in [2.75, 3.05) is 0 Å². The Hall–Kier alpha value is -3.58. The second-order valence-electron chi connectivity index (χ2n) is 7.30. The van der Waals surface area contributed by atoms with Crippen molar-refractivity contribution >= 4 is 44.3 Å². The number of hydrogen-bond acceptors (Lipinski definition) is 4. The van der Waals surface area contributed by atoms with Crippen molar-refractivity contribution < 1.29 is 19.1 Å². The second kappa shape index (κ2) is 7.59.